The van der Waals surface area contributed by atoms with Gasteiger partial charge in [0.25, 0.3) is 15.9 Å². The molecule has 28 heavy (non-hydrogen) atoms. The molecule has 0 spiro atoms. The molecule has 0 bridgehead atoms. The van der Waals surface area contributed by atoms with Crippen molar-refractivity contribution >= 4 is 56.2 Å². The third kappa shape index (κ3) is 5.47. The van der Waals surface area contributed by atoms with Gasteiger partial charge in [0.15, 0.2) is 15.1 Å². The lowest BCUT2D eigenvalue weighted by molar-refractivity contribution is 0.0951. The summed E-state index contributed by atoms with van der Waals surface area (Å²) in [4.78, 5) is 13.1. The van der Waals surface area contributed by atoms with E-state index in [9.17, 15) is 13.2 Å². The van der Waals surface area contributed by atoms with Crippen molar-refractivity contribution in [1.29, 1.82) is 0 Å². The van der Waals surface area contributed by atoms with E-state index in [-0.39, 0.29) is 27.5 Å². The van der Waals surface area contributed by atoms with Crippen molar-refractivity contribution in [2.24, 2.45) is 5.73 Å². The number of hydrogen-bond acceptors (Lipinski definition) is 7. The van der Waals surface area contributed by atoms with Gasteiger partial charge in [-0.15, -0.1) is 11.3 Å². The average Bonchev–Trinajstić information content (AvgIpc) is 3.05. The predicted octanol–water partition coefficient (Wildman–Crippen LogP) is 1.91. The van der Waals surface area contributed by atoms with Gasteiger partial charge in [0.1, 0.15) is 5.75 Å². The Labute approximate surface area is 177 Å². The SMILES string of the molecule is COc1ccc(Cl)cc1C(=O)NCCc1cc(OC)c(S(=O)(=O)NC(N)=S)s1. The first-order chi connectivity index (χ1) is 13.2. The fourth-order valence-electron chi connectivity index (χ4n) is 2.29. The number of carbonyl (C=O) groups excluding carboxylic acids is 1. The van der Waals surface area contributed by atoms with Crippen LogP contribution in [0.4, 0.5) is 0 Å². The molecule has 1 amide bonds. The van der Waals surface area contributed by atoms with E-state index in [1.807, 2.05) is 0 Å². The summed E-state index contributed by atoms with van der Waals surface area (Å²) in [5.41, 5.74) is 5.56. The van der Waals surface area contributed by atoms with Crippen LogP contribution in [0.3, 0.4) is 0 Å². The van der Waals surface area contributed by atoms with Crippen LogP contribution in [0.25, 0.3) is 0 Å². The Morgan fingerprint density at radius 3 is 2.54 bits per heavy atom. The van der Waals surface area contributed by atoms with Gasteiger partial charge in [0.2, 0.25) is 0 Å². The van der Waals surface area contributed by atoms with Crippen LogP contribution in [0.2, 0.25) is 5.02 Å². The Morgan fingerprint density at radius 1 is 1.25 bits per heavy atom. The highest BCUT2D eigenvalue weighted by Crippen LogP contribution is 2.33. The summed E-state index contributed by atoms with van der Waals surface area (Å²) >= 11 is 11.5. The number of hydrogen-bond donors (Lipinski definition) is 3. The maximum atomic E-state index is 12.4. The Balaban J connectivity index is 2.09. The van der Waals surface area contributed by atoms with Crippen LogP contribution >= 0.6 is 35.2 Å². The number of thiocarbonyl (C=S) groups is 1. The van der Waals surface area contributed by atoms with E-state index < -0.39 is 10.0 Å². The summed E-state index contributed by atoms with van der Waals surface area (Å²) in [6.07, 6.45) is 0.387. The first-order valence-electron chi connectivity index (χ1n) is 7.78. The minimum Gasteiger partial charge on any atom is -0.496 e. The van der Waals surface area contributed by atoms with Gasteiger partial charge in [-0.05, 0) is 42.9 Å². The topological polar surface area (TPSA) is 120 Å². The van der Waals surface area contributed by atoms with Gasteiger partial charge in [0, 0.05) is 16.4 Å². The van der Waals surface area contributed by atoms with Gasteiger partial charge in [-0.1, -0.05) is 11.6 Å². The molecule has 0 aliphatic carbocycles. The lowest BCUT2D eigenvalue weighted by Crippen LogP contribution is -2.34. The van der Waals surface area contributed by atoms with Gasteiger partial charge < -0.3 is 20.5 Å². The summed E-state index contributed by atoms with van der Waals surface area (Å²) in [5, 5.41) is 2.80. The van der Waals surface area contributed by atoms with Gasteiger partial charge in [-0.3, -0.25) is 9.52 Å². The predicted molar refractivity (Wildman–Crippen MR) is 112 cm³/mol. The van der Waals surface area contributed by atoms with Crippen LogP contribution in [0.5, 0.6) is 11.5 Å². The fourth-order valence-corrected chi connectivity index (χ4v) is 5.29. The number of amides is 1. The smallest absolute Gasteiger partial charge is 0.276 e. The molecule has 0 radical (unpaired) electrons. The summed E-state index contributed by atoms with van der Waals surface area (Å²) < 4.78 is 36.8. The van der Waals surface area contributed by atoms with Gasteiger partial charge in [-0.25, -0.2) is 8.42 Å². The van der Waals surface area contributed by atoms with E-state index >= 15 is 0 Å². The fraction of sp³-hybridized carbons (Fsp3) is 0.250. The van der Waals surface area contributed by atoms with E-state index in [1.54, 1.807) is 18.2 Å². The molecule has 0 atom stereocenters. The third-order valence-electron chi connectivity index (χ3n) is 3.48. The first kappa shape index (κ1) is 22.2. The van der Waals surface area contributed by atoms with Crippen LogP contribution < -0.4 is 25.2 Å². The first-order valence-corrected chi connectivity index (χ1v) is 10.9. The van der Waals surface area contributed by atoms with Crippen LogP contribution in [-0.4, -0.2) is 40.2 Å². The molecular weight excluding hydrogens is 446 g/mol. The zero-order chi connectivity index (χ0) is 20.9. The molecule has 0 saturated heterocycles. The van der Waals surface area contributed by atoms with Crippen LogP contribution in [-0.2, 0) is 16.4 Å². The molecule has 1 aromatic heterocycles. The minimum absolute atomic E-state index is 0.0411. The van der Waals surface area contributed by atoms with Crippen molar-refractivity contribution in [3.8, 4) is 11.5 Å². The zero-order valence-electron chi connectivity index (χ0n) is 14.9. The van der Waals surface area contributed by atoms with Crippen LogP contribution in [0.15, 0.2) is 28.5 Å². The summed E-state index contributed by atoms with van der Waals surface area (Å²) in [7, 11) is -1.10. The van der Waals surface area contributed by atoms with Crippen molar-refractivity contribution in [3.63, 3.8) is 0 Å². The molecule has 0 aliphatic heterocycles. The number of carbonyl (C=O) groups is 1. The van der Waals surface area contributed by atoms with Crippen molar-refractivity contribution in [2.75, 3.05) is 20.8 Å². The largest absolute Gasteiger partial charge is 0.496 e. The maximum absolute atomic E-state index is 12.4. The molecule has 2 aromatic rings. The quantitative estimate of drug-likeness (QED) is 0.511. The molecular formula is C16H18ClN3O5S3. The van der Waals surface area contributed by atoms with E-state index in [0.717, 1.165) is 11.3 Å². The molecule has 1 aromatic carbocycles. The number of methoxy groups -OCH3 is 2. The van der Waals surface area contributed by atoms with Crippen LogP contribution in [0.1, 0.15) is 15.2 Å². The van der Waals surface area contributed by atoms with E-state index in [4.69, 9.17) is 26.8 Å². The zero-order valence-corrected chi connectivity index (χ0v) is 18.2. The van der Waals surface area contributed by atoms with Crippen molar-refractivity contribution in [2.45, 2.75) is 10.6 Å². The molecule has 0 saturated carbocycles. The monoisotopic (exact) mass is 463 g/mol. The standard InChI is InChI=1S/C16H18ClN3O5S3/c1-24-12-4-3-9(17)7-11(12)14(21)19-6-5-10-8-13(25-2)15(27-10)28(22,23)20-16(18)26/h3-4,7-8H,5-6H2,1-2H3,(H,19,21)(H3,18,20,26). The number of ether oxygens (including phenoxy) is 2. The molecule has 0 fully saturated rings. The second-order valence-corrected chi connectivity index (χ2v) is 9.28. The number of benzene rings is 1. The lowest BCUT2D eigenvalue weighted by Gasteiger charge is -2.09. The molecule has 12 heteroatoms. The summed E-state index contributed by atoms with van der Waals surface area (Å²) in [6.45, 7) is 0.264. The second-order valence-electron chi connectivity index (χ2n) is 5.39. The average molecular weight is 464 g/mol. The maximum Gasteiger partial charge on any atom is 0.276 e. The number of halogens is 1. The van der Waals surface area contributed by atoms with Crippen LogP contribution in [0, 0.1) is 0 Å². The molecule has 1 heterocycles. The number of sulfonamides is 1. The highest BCUT2D eigenvalue weighted by atomic mass is 35.5. The van der Waals surface area contributed by atoms with Gasteiger partial charge in [-0.2, -0.15) is 0 Å². The van der Waals surface area contributed by atoms with E-state index in [1.165, 1.54) is 20.3 Å². The third-order valence-corrected chi connectivity index (χ3v) is 7.00. The number of rotatable bonds is 8. The lowest BCUT2D eigenvalue weighted by atomic mass is 10.2. The van der Waals surface area contributed by atoms with E-state index in [2.05, 4.69) is 22.3 Å². The number of thiophene rings is 1. The molecule has 0 unspecified atom stereocenters. The summed E-state index contributed by atoms with van der Waals surface area (Å²) in [5.74, 6) is 0.217. The molecule has 8 nitrogen and oxygen atoms in total. The Hall–Kier alpha value is -2.08. The highest BCUT2D eigenvalue weighted by Gasteiger charge is 2.24. The Bertz CT molecular complexity index is 991. The summed E-state index contributed by atoms with van der Waals surface area (Å²) in [6, 6.07) is 6.33. The highest BCUT2D eigenvalue weighted by molar-refractivity contribution is 7.93. The van der Waals surface area contributed by atoms with Crippen molar-refractivity contribution in [1.82, 2.24) is 10.0 Å². The number of nitrogens with one attached hydrogen (secondary N) is 2. The molecule has 0 aliphatic rings. The molecule has 2 rings (SSSR count). The van der Waals surface area contributed by atoms with Crippen molar-refractivity contribution in [3.05, 3.63) is 39.7 Å². The molecule has 4 N–H and O–H groups in total. The number of nitrogens with two attached hydrogens (primary N) is 1. The van der Waals surface area contributed by atoms with Crippen molar-refractivity contribution < 1.29 is 22.7 Å². The van der Waals surface area contributed by atoms with E-state index in [0.29, 0.717) is 27.6 Å². The normalized spacial score (nSPS) is 11.0. The molecule has 152 valence electrons. The Morgan fingerprint density at radius 2 is 1.93 bits per heavy atom. The second kappa shape index (κ2) is 9.41. The van der Waals surface area contributed by atoms with Gasteiger partial charge >= 0.3 is 0 Å². The Kier molecular flexibility index (Phi) is 7.47. The van der Waals surface area contributed by atoms with Gasteiger partial charge in [0.05, 0.1) is 19.8 Å². The minimum atomic E-state index is -3.92.